The van der Waals surface area contributed by atoms with Crippen LogP contribution in [0.3, 0.4) is 0 Å². The minimum absolute atomic E-state index is 0.00907. The summed E-state index contributed by atoms with van der Waals surface area (Å²) >= 11 is 0. The Kier molecular flexibility index (Phi) is 8.02. The highest BCUT2D eigenvalue weighted by Gasteiger charge is 2.11. The fourth-order valence-corrected chi connectivity index (χ4v) is 1.10. The van der Waals surface area contributed by atoms with Crippen molar-refractivity contribution in [2.45, 2.75) is 59.9 Å². The summed E-state index contributed by atoms with van der Waals surface area (Å²) in [5.41, 5.74) is 0. The van der Waals surface area contributed by atoms with Crippen LogP contribution >= 0.6 is 0 Å². The maximum atomic E-state index is 5.73. The fraction of sp³-hybridized carbons (Fsp3) is 1.00. The van der Waals surface area contributed by atoms with Gasteiger partial charge in [-0.15, -0.1) is 0 Å². The Morgan fingerprint density at radius 1 is 0.867 bits per heavy atom. The molecule has 1 atom stereocenters. The maximum Gasteiger partial charge on any atom is 0.131 e. The average molecular weight is 217 g/mol. The number of rotatable bonds is 8. The van der Waals surface area contributed by atoms with Crippen LogP contribution in [0.15, 0.2) is 0 Å². The zero-order chi connectivity index (χ0) is 11.8. The first-order chi connectivity index (χ1) is 6.91. The lowest BCUT2D eigenvalue weighted by molar-refractivity contribution is -0.0605. The topological polar surface area (TPSA) is 30.5 Å². The van der Waals surface area contributed by atoms with E-state index in [2.05, 4.69) is 33.0 Å². The van der Waals surface area contributed by atoms with E-state index in [1.54, 1.807) is 0 Å². The molecule has 0 fully saturated rings. The van der Waals surface area contributed by atoms with E-state index in [4.69, 9.17) is 9.47 Å². The SMILES string of the molecule is CC(C)COC(COC(C)C)NC(C)C. The third kappa shape index (κ3) is 10.2. The van der Waals surface area contributed by atoms with Gasteiger partial charge >= 0.3 is 0 Å². The molecule has 0 rings (SSSR count). The highest BCUT2D eigenvalue weighted by molar-refractivity contribution is 4.60. The molecule has 0 radical (unpaired) electrons. The fourth-order valence-electron chi connectivity index (χ4n) is 1.10. The van der Waals surface area contributed by atoms with Gasteiger partial charge in [-0.05, 0) is 33.6 Å². The van der Waals surface area contributed by atoms with Crippen LogP contribution in [0.4, 0.5) is 0 Å². The summed E-state index contributed by atoms with van der Waals surface area (Å²) in [6.07, 6.45) is 0.263. The van der Waals surface area contributed by atoms with E-state index in [0.29, 0.717) is 18.6 Å². The molecule has 0 aromatic carbocycles. The van der Waals surface area contributed by atoms with Gasteiger partial charge < -0.3 is 9.47 Å². The smallest absolute Gasteiger partial charge is 0.131 e. The number of hydrogen-bond acceptors (Lipinski definition) is 3. The summed E-state index contributed by atoms with van der Waals surface area (Å²) in [4.78, 5) is 0. The van der Waals surface area contributed by atoms with Crippen molar-refractivity contribution in [2.24, 2.45) is 5.92 Å². The minimum atomic E-state index is 0.00907. The van der Waals surface area contributed by atoms with E-state index >= 15 is 0 Å². The lowest BCUT2D eigenvalue weighted by Gasteiger charge is -2.23. The molecule has 0 aliphatic carbocycles. The van der Waals surface area contributed by atoms with Crippen molar-refractivity contribution in [3.8, 4) is 0 Å². The molecule has 15 heavy (non-hydrogen) atoms. The van der Waals surface area contributed by atoms with Crippen molar-refractivity contribution in [2.75, 3.05) is 13.2 Å². The highest BCUT2D eigenvalue weighted by atomic mass is 16.5. The average Bonchev–Trinajstić information content (AvgIpc) is 2.08. The standard InChI is InChI=1S/C12H27NO2/c1-9(2)7-15-12(13-10(3)4)8-14-11(5)6/h9-13H,7-8H2,1-6H3. The zero-order valence-corrected chi connectivity index (χ0v) is 11.0. The molecule has 0 saturated carbocycles. The lowest BCUT2D eigenvalue weighted by atomic mass is 10.2. The van der Waals surface area contributed by atoms with Gasteiger partial charge in [-0.1, -0.05) is 13.8 Å². The van der Waals surface area contributed by atoms with Gasteiger partial charge in [0.15, 0.2) is 0 Å². The normalized spacial score (nSPS) is 14.2. The van der Waals surface area contributed by atoms with Crippen LogP contribution in [0.5, 0.6) is 0 Å². The molecule has 0 aliphatic rings. The molecule has 0 bridgehead atoms. The molecule has 0 aromatic rings. The summed E-state index contributed by atoms with van der Waals surface area (Å²) in [5.74, 6) is 0.556. The number of nitrogens with one attached hydrogen (secondary N) is 1. The van der Waals surface area contributed by atoms with Gasteiger partial charge in [0, 0.05) is 6.04 Å². The minimum Gasteiger partial charge on any atom is -0.375 e. The maximum absolute atomic E-state index is 5.73. The quantitative estimate of drug-likeness (QED) is 0.633. The highest BCUT2D eigenvalue weighted by Crippen LogP contribution is 2.00. The van der Waals surface area contributed by atoms with E-state index in [9.17, 15) is 0 Å². The molecule has 0 spiro atoms. The van der Waals surface area contributed by atoms with Crippen molar-refractivity contribution in [3.63, 3.8) is 0 Å². The van der Waals surface area contributed by atoms with Crippen LogP contribution in [0, 0.1) is 5.92 Å². The Balaban J connectivity index is 3.84. The van der Waals surface area contributed by atoms with E-state index in [-0.39, 0.29) is 12.3 Å². The number of ether oxygens (including phenoxy) is 2. The van der Waals surface area contributed by atoms with Crippen LogP contribution in [-0.4, -0.2) is 31.6 Å². The van der Waals surface area contributed by atoms with Crippen LogP contribution in [-0.2, 0) is 9.47 Å². The third-order valence-corrected chi connectivity index (χ3v) is 1.73. The Morgan fingerprint density at radius 3 is 1.87 bits per heavy atom. The summed E-state index contributed by atoms with van der Waals surface area (Å²) in [6, 6.07) is 0.415. The monoisotopic (exact) mass is 217 g/mol. The van der Waals surface area contributed by atoms with Crippen LogP contribution < -0.4 is 5.32 Å². The molecule has 92 valence electrons. The second-order valence-electron chi connectivity index (χ2n) is 4.92. The summed E-state index contributed by atoms with van der Waals surface area (Å²) in [7, 11) is 0. The summed E-state index contributed by atoms with van der Waals surface area (Å²) in [6.45, 7) is 14.0. The molecule has 3 heteroatoms. The predicted molar refractivity (Wildman–Crippen MR) is 63.9 cm³/mol. The molecular formula is C12H27NO2. The Bertz CT molecular complexity index is 135. The first-order valence-electron chi connectivity index (χ1n) is 5.91. The zero-order valence-electron chi connectivity index (χ0n) is 11.0. The lowest BCUT2D eigenvalue weighted by Crippen LogP contribution is -2.41. The van der Waals surface area contributed by atoms with Crippen LogP contribution in [0.2, 0.25) is 0 Å². The Labute approximate surface area is 94.5 Å². The molecule has 1 N–H and O–H groups in total. The molecular weight excluding hydrogens is 190 g/mol. The van der Waals surface area contributed by atoms with Crippen LogP contribution in [0.1, 0.15) is 41.5 Å². The van der Waals surface area contributed by atoms with Gasteiger partial charge in [-0.3, -0.25) is 5.32 Å². The van der Waals surface area contributed by atoms with Crippen molar-refractivity contribution >= 4 is 0 Å². The largest absolute Gasteiger partial charge is 0.375 e. The third-order valence-electron chi connectivity index (χ3n) is 1.73. The summed E-state index contributed by atoms with van der Waals surface area (Å²) < 4.78 is 11.3. The Hall–Kier alpha value is -0.120. The predicted octanol–water partition coefficient (Wildman–Crippen LogP) is 2.41. The van der Waals surface area contributed by atoms with Crippen LogP contribution in [0.25, 0.3) is 0 Å². The van der Waals surface area contributed by atoms with Gasteiger partial charge in [0.2, 0.25) is 0 Å². The van der Waals surface area contributed by atoms with Gasteiger partial charge in [-0.2, -0.15) is 0 Å². The first-order valence-corrected chi connectivity index (χ1v) is 5.91. The molecule has 3 nitrogen and oxygen atoms in total. The molecule has 0 aromatic heterocycles. The summed E-state index contributed by atoms with van der Waals surface area (Å²) in [5, 5.41) is 3.34. The molecule has 0 saturated heterocycles. The van der Waals surface area contributed by atoms with Crippen molar-refractivity contribution < 1.29 is 9.47 Å². The molecule has 0 heterocycles. The van der Waals surface area contributed by atoms with E-state index in [0.717, 1.165) is 6.61 Å². The number of hydrogen-bond donors (Lipinski definition) is 1. The van der Waals surface area contributed by atoms with Crippen molar-refractivity contribution in [1.29, 1.82) is 0 Å². The van der Waals surface area contributed by atoms with Crippen molar-refractivity contribution in [1.82, 2.24) is 5.32 Å². The van der Waals surface area contributed by atoms with Gasteiger partial charge in [0.25, 0.3) is 0 Å². The molecule has 1 unspecified atom stereocenters. The van der Waals surface area contributed by atoms with E-state index in [1.807, 2.05) is 13.8 Å². The van der Waals surface area contributed by atoms with Gasteiger partial charge in [-0.25, -0.2) is 0 Å². The second-order valence-corrected chi connectivity index (χ2v) is 4.92. The van der Waals surface area contributed by atoms with E-state index in [1.165, 1.54) is 0 Å². The second kappa shape index (κ2) is 8.08. The van der Waals surface area contributed by atoms with E-state index < -0.39 is 0 Å². The molecule has 0 aliphatic heterocycles. The Morgan fingerprint density at radius 2 is 1.47 bits per heavy atom. The van der Waals surface area contributed by atoms with Crippen molar-refractivity contribution in [3.05, 3.63) is 0 Å². The first kappa shape index (κ1) is 14.9. The van der Waals surface area contributed by atoms with Gasteiger partial charge in [0.05, 0.1) is 19.3 Å². The molecule has 0 amide bonds. The van der Waals surface area contributed by atoms with Gasteiger partial charge in [0.1, 0.15) is 6.23 Å².